The fraction of sp³-hybridized carbons (Fsp3) is 0.667. The first kappa shape index (κ1) is 17.3. The first-order valence-corrected chi connectivity index (χ1v) is 9.72. The molecule has 0 bridgehead atoms. The van der Waals surface area contributed by atoms with Crippen molar-refractivity contribution in [2.24, 2.45) is 0 Å². The normalized spacial score (nSPS) is 19.9. The maximum absolute atomic E-state index is 13.2. The van der Waals surface area contributed by atoms with E-state index in [0.717, 1.165) is 11.3 Å². The molecule has 0 atom stereocenters. The predicted octanol–water partition coefficient (Wildman–Crippen LogP) is 4.73. The van der Waals surface area contributed by atoms with Crippen molar-refractivity contribution in [2.75, 3.05) is 7.11 Å². The standard InChI is InChI=1S/C21H31NO2/c1-24-20-14-12-17(13-15-20)16-21(23)22(18-8-4-2-5-9-18)19-10-6-3-7-11-19/h12-15,18-19H,2-11,16H2,1H3. The Hall–Kier alpha value is -1.51. The molecule has 2 saturated carbocycles. The molecule has 0 aromatic heterocycles. The average Bonchev–Trinajstić information content (AvgIpc) is 2.64. The Balaban J connectivity index is 1.71. The molecule has 3 nitrogen and oxygen atoms in total. The molecular formula is C21H31NO2. The molecule has 0 unspecified atom stereocenters. The van der Waals surface area contributed by atoms with Gasteiger partial charge in [-0.25, -0.2) is 0 Å². The molecule has 0 N–H and O–H groups in total. The summed E-state index contributed by atoms with van der Waals surface area (Å²) < 4.78 is 5.22. The van der Waals surface area contributed by atoms with Crippen molar-refractivity contribution in [1.29, 1.82) is 0 Å². The summed E-state index contributed by atoms with van der Waals surface area (Å²) in [6, 6.07) is 8.91. The topological polar surface area (TPSA) is 29.5 Å². The third kappa shape index (κ3) is 4.31. The van der Waals surface area contributed by atoms with Crippen LogP contribution in [-0.4, -0.2) is 30.0 Å². The zero-order valence-electron chi connectivity index (χ0n) is 15.0. The Morgan fingerprint density at radius 2 is 1.42 bits per heavy atom. The van der Waals surface area contributed by atoms with Gasteiger partial charge in [0.25, 0.3) is 0 Å². The van der Waals surface area contributed by atoms with Crippen LogP contribution in [0.5, 0.6) is 5.75 Å². The van der Waals surface area contributed by atoms with Crippen LogP contribution in [0.15, 0.2) is 24.3 Å². The first-order chi connectivity index (χ1) is 11.8. The zero-order valence-corrected chi connectivity index (χ0v) is 15.0. The van der Waals surface area contributed by atoms with Crippen LogP contribution < -0.4 is 4.74 Å². The molecular weight excluding hydrogens is 298 g/mol. The number of benzene rings is 1. The van der Waals surface area contributed by atoms with Crippen LogP contribution in [-0.2, 0) is 11.2 Å². The van der Waals surface area contributed by atoms with Crippen LogP contribution >= 0.6 is 0 Å². The fourth-order valence-electron chi connectivity index (χ4n) is 4.43. The lowest BCUT2D eigenvalue weighted by Gasteiger charge is -2.42. The van der Waals surface area contributed by atoms with Gasteiger partial charge in [0.05, 0.1) is 13.5 Å². The minimum atomic E-state index is 0.332. The van der Waals surface area contributed by atoms with Crippen LogP contribution in [0.2, 0.25) is 0 Å². The van der Waals surface area contributed by atoms with E-state index in [-0.39, 0.29) is 0 Å². The summed E-state index contributed by atoms with van der Waals surface area (Å²) in [5, 5.41) is 0. The van der Waals surface area contributed by atoms with E-state index in [2.05, 4.69) is 4.90 Å². The highest BCUT2D eigenvalue weighted by molar-refractivity contribution is 5.79. The fourth-order valence-corrected chi connectivity index (χ4v) is 4.43. The van der Waals surface area contributed by atoms with Gasteiger partial charge >= 0.3 is 0 Å². The molecule has 1 aromatic rings. The predicted molar refractivity (Wildman–Crippen MR) is 97.3 cm³/mol. The van der Waals surface area contributed by atoms with Gasteiger partial charge < -0.3 is 9.64 Å². The largest absolute Gasteiger partial charge is 0.497 e. The van der Waals surface area contributed by atoms with Crippen LogP contribution in [0.1, 0.15) is 69.8 Å². The monoisotopic (exact) mass is 329 g/mol. The lowest BCUT2D eigenvalue weighted by molar-refractivity contribution is -0.137. The van der Waals surface area contributed by atoms with E-state index in [0.29, 0.717) is 24.4 Å². The lowest BCUT2D eigenvalue weighted by Crippen LogP contribution is -2.49. The quantitative estimate of drug-likeness (QED) is 0.781. The van der Waals surface area contributed by atoms with Crippen molar-refractivity contribution < 1.29 is 9.53 Å². The van der Waals surface area contributed by atoms with Crippen molar-refractivity contribution >= 4 is 5.91 Å². The smallest absolute Gasteiger partial charge is 0.227 e. The summed E-state index contributed by atoms with van der Waals surface area (Å²) in [5.41, 5.74) is 1.09. The van der Waals surface area contributed by atoms with Gasteiger partial charge in [0, 0.05) is 12.1 Å². The van der Waals surface area contributed by atoms with Gasteiger partial charge in [-0.1, -0.05) is 50.7 Å². The molecule has 0 saturated heterocycles. The average molecular weight is 329 g/mol. The number of hydrogen-bond donors (Lipinski definition) is 0. The Kier molecular flexibility index (Phi) is 6.17. The molecule has 24 heavy (non-hydrogen) atoms. The molecule has 3 heteroatoms. The Labute approximate surface area is 146 Å². The van der Waals surface area contributed by atoms with Crippen LogP contribution in [0.4, 0.5) is 0 Å². The van der Waals surface area contributed by atoms with E-state index < -0.39 is 0 Å². The lowest BCUT2D eigenvalue weighted by atomic mass is 9.88. The third-order valence-electron chi connectivity index (χ3n) is 5.74. The van der Waals surface area contributed by atoms with Crippen LogP contribution in [0.25, 0.3) is 0 Å². The van der Waals surface area contributed by atoms with Gasteiger partial charge in [-0.15, -0.1) is 0 Å². The highest BCUT2D eigenvalue weighted by Gasteiger charge is 2.32. The van der Waals surface area contributed by atoms with Crippen LogP contribution in [0.3, 0.4) is 0 Å². The van der Waals surface area contributed by atoms with Crippen LogP contribution in [0, 0.1) is 0 Å². The number of carbonyl (C=O) groups excluding carboxylic acids is 1. The second kappa shape index (κ2) is 8.55. The molecule has 2 fully saturated rings. The molecule has 132 valence electrons. The summed E-state index contributed by atoms with van der Waals surface area (Å²) in [4.78, 5) is 15.5. The minimum absolute atomic E-state index is 0.332. The van der Waals surface area contributed by atoms with Gasteiger partial charge in [-0.05, 0) is 43.4 Å². The Morgan fingerprint density at radius 1 is 0.917 bits per heavy atom. The van der Waals surface area contributed by atoms with Crippen molar-refractivity contribution in [3.63, 3.8) is 0 Å². The first-order valence-electron chi connectivity index (χ1n) is 9.72. The summed E-state index contributed by atoms with van der Waals surface area (Å²) >= 11 is 0. The van der Waals surface area contributed by atoms with E-state index in [4.69, 9.17) is 4.74 Å². The van der Waals surface area contributed by atoms with Gasteiger partial charge in [-0.3, -0.25) is 4.79 Å². The zero-order chi connectivity index (χ0) is 16.8. The number of amides is 1. The van der Waals surface area contributed by atoms with Gasteiger partial charge in [0.1, 0.15) is 5.75 Å². The van der Waals surface area contributed by atoms with Gasteiger partial charge in [-0.2, -0.15) is 0 Å². The van der Waals surface area contributed by atoms with Crippen molar-refractivity contribution in [3.05, 3.63) is 29.8 Å². The van der Waals surface area contributed by atoms with Gasteiger partial charge in [0.15, 0.2) is 0 Å². The molecule has 0 heterocycles. The summed E-state index contributed by atoms with van der Waals surface area (Å²) in [7, 11) is 1.67. The molecule has 1 amide bonds. The maximum Gasteiger partial charge on any atom is 0.227 e. The molecule has 0 radical (unpaired) electrons. The number of methoxy groups -OCH3 is 1. The van der Waals surface area contributed by atoms with E-state index in [1.807, 2.05) is 24.3 Å². The summed E-state index contributed by atoms with van der Waals surface area (Å²) in [6.45, 7) is 0. The molecule has 2 aliphatic rings. The molecule has 2 aliphatic carbocycles. The third-order valence-corrected chi connectivity index (χ3v) is 5.74. The Morgan fingerprint density at radius 3 is 1.88 bits per heavy atom. The summed E-state index contributed by atoms with van der Waals surface area (Å²) in [5.74, 6) is 1.18. The molecule has 3 rings (SSSR count). The highest BCUT2D eigenvalue weighted by Crippen LogP contribution is 2.31. The SMILES string of the molecule is COc1ccc(CC(=O)N(C2CCCCC2)C2CCCCC2)cc1. The van der Waals surface area contributed by atoms with E-state index >= 15 is 0 Å². The van der Waals surface area contributed by atoms with E-state index in [1.54, 1.807) is 7.11 Å². The molecule has 1 aromatic carbocycles. The van der Waals surface area contributed by atoms with Crippen molar-refractivity contribution in [2.45, 2.75) is 82.7 Å². The number of rotatable bonds is 5. The Bertz CT molecular complexity index is 495. The number of ether oxygens (including phenoxy) is 1. The second-order valence-corrected chi connectivity index (χ2v) is 7.41. The minimum Gasteiger partial charge on any atom is -0.497 e. The number of hydrogen-bond acceptors (Lipinski definition) is 2. The summed E-state index contributed by atoms with van der Waals surface area (Å²) in [6.07, 6.45) is 13.1. The maximum atomic E-state index is 13.2. The van der Waals surface area contributed by atoms with Gasteiger partial charge in [0.2, 0.25) is 5.91 Å². The van der Waals surface area contributed by atoms with Crippen molar-refractivity contribution in [1.82, 2.24) is 4.90 Å². The number of nitrogens with zero attached hydrogens (tertiary/aromatic N) is 1. The van der Waals surface area contributed by atoms with Crippen molar-refractivity contribution in [3.8, 4) is 5.75 Å². The van der Waals surface area contributed by atoms with E-state index in [9.17, 15) is 4.79 Å². The highest BCUT2D eigenvalue weighted by atomic mass is 16.5. The van der Waals surface area contributed by atoms with E-state index in [1.165, 1.54) is 64.2 Å². The number of carbonyl (C=O) groups is 1. The molecule has 0 spiro atoms. The second-order valence-electron chi connectivity index (χ2n) is 7.41. The molecule has 0 aliphatic heterocycles.